The second-order valence-electron chi connectivity index (χ2n) is 3.26. The molecule has 90 valence electrons. The Labute approximate surface area is 98.7 Å². The molecule has 0 fully saturated rings. The van der Waals surface area contributed by atoms with Crippen LogP contribution in [0.2, 0.25) is 0 Å². The maximum atomic E-state index is 11.6. The lowest BCUT2D eigenvalue weighted by Gasteiger charge is -2.05. The van der Waals surface area contributed by atoms with Gasteiger partial charge in [0, 0.05) is 6.61 Å². The molecule has 1 rings (SSSR count). The second kappa shape index (κ2) is 6.44. The van der Waals surface area contributed by atoms with E-state index in [0.717, 1.165) is 18.0 Å². The van der Waals surface area contributed by atoms with E-state index in [4.69, 9.17) is 15.2 Å². The van der Waals surface area contributed by atoms with E-state index >= 15 is 0 Å². The zero-order valence-electron chi connectivity index (χ0n) is 9.49. The summed E-state index contributed by atoms with van der Waals surface area (Å²) in [6.07, 6.45) is 0.953. The minimum atomic E-state index is -0.427. The first kappa shape index (κ1) is 12.9. The molecule has 0 unspecified atom stereocenters. The van der Waals surface area contributed by atoms with Crippen molar-refractivity contribution < 1.29 is 14.3 Å². The van der Waals surface area contributed by atoms with Gasteiger partial charge in [-0.1, -0.05) is 6.92 Å². The number of nitrogen functional groups attached to an aromatic ring is 1. The average Bonchev–Trinajstić information content (AvgIpc) is 2.58. The average molecular weight is 244 g/mol. The topological polar surface area (TPSA) is 74.4 Å². The molecule has 0 radical (unpaired) electrons. The monoisotopic (exact) mass is 244 g/mol. The van der Waals surface area contributed by atoms with Crippen LogP contribution in [-0.2, 0) is 9.47 Å². The standard InChI is InChI=1S/C10H16N2O3S/c1-3-4-14-5-6-15-10(13)8-7(2)12-16-9(8)11/h3-6,11H2,1-2H3. The highest BCUT2D eigenvalue weighted by Crippen LogP contribution is 2.21. The molecule has 0 aliphatic carbocycles. The zero-order chi connectivity index (χ0) is 12.0. The molecule has 6 heteroatoms. The van der Waals surface area contributed by atoms with Crippen LogP contribution >= 0.6 is 11.5 Å². The fourth-order valence-corrected chi connectivity index (χ4v) is 1.80. The summed E-state index contributed by atoms with van der Waals surface area (Å²) in [5.74, 6) is -0.427. The molecule has 1 aromatic heterocycles. The molecule has 16 heavy (non-hydrogen) atoms. The van der Waals surface area contributed by atoms with Crippen molar-refractivity contribution in [3.05, 3.63) is 11.3 Å². The highest BCUT2D eigenvalue weighted by molar-refractivity contribution is 7.10. The van der Waals surface area contributed by atoms with Crippen molar-refractivity contribution in [1.29, 1.82) is 0 Å². The first-order valence-electron chi connectivity index (χ1n) is 5.13. The Kier molecular flexibility index (Phi) is 5.21. The number of hydrogen-bond acceptors (Lipinski definition) is 6. The Bertz CT molecular complexity index is 332. The molecule has 0 saturated heterocycles. The van der Waals surface area contributed by atoms with Crippen molar-refractivity contribution in [1.82, 2.24) is 4.37 Å². The molecular weight excluding hydrogens is 228 g/mol. The first-order chi connectivity index (χ1) is 7.66. The molecule has 5 nitrogen and oxygen atoms in total. The van der Waals surface area contributed by atoms with Gasteiger partial charge in [0.1, 0.15) is 17.2 Å². The van der Waals surface area contributed by atoms with Crippen LogP contribution < -0.4 is 5.73 Å². The second-order valence-corrected chi connectivity index (χ2v) is 4.06. The highest BCUT2D eigenvalue weighted by atomic mass is 32.1. The van der Waals surface area contributed by atoms with Crippen LogP contribution in [0.3, 0.4) is 0 Å². The van der Waals surface area contributed by atoms with Gasteiger partial charge in [-0.05, 0) is 24.9 Å². The highest BCUT2D eigenvalue weighted by Gasteiger charge is 2.17. The summed E-state index contributed by atoms with van der Waals surface area (Å²) in [7, 11) is 0. The number of nitrogens with two attached hydrogens (primary N) is 1. The van der Waals surface area contributed by atoms with Crippen molar-refractivity contribution in [2.24, 2.45) is 0 Å². The quantitative estimate of drug-likeness (QED) is 0.608. The van der Waals surface area contributed by atoms with Gasteiger partial charge in [0.25, 0.3) is 0 Å². The lowest BCUT2D eigenvalue weighted by molar-refractivity contribution is 0.0319. The lowest BCUT2D eigenvalue weighted by atomic mass is 10.2. The number of aryl methyl sites for hydroxylation is 1. The number of rotatable bonds is 6. The normalized spacial score (nSPS) is 10.4. The number of aromatic nitrogens is 1. The molecule has 1 heterocycles. The van der Waals surface area contributed by atoms with E-state index in [2.05, 4.69) is 4.37 Å². The summed E-state index contributed by atoms with van der Waals surface area (Å²) in [6, 6.07) is 0. The van der Waals surface area contributed by atoms with E-state index in [-0.39, 0.29) is 6.61 Å². The maximum absolute atomic E-state index is 11.6. The lowest BCUT2D eigenvalue weighted by Crippen LogP contribution is -2.12. The SMILES string of the molecule is CCCOCCOC(=O)c1c(C)nsc1N. The molecule has 0 aliphatic heterocycles. The van der Waals surface area contributed by atoms with E-state index in [9.17, 15) is 4.79 Å². The minimum absolute atomic E-state index is 0.244. The molecular formula is C10H16N2O3S. The molecule has 2 N–H and O–H groups in total. The minimum Gasteiger partial charge on any atom is -0.460 e. The Balaban J connectivity index is 2.36. The van der Waals surface area contributed by atoms with Crippen LogP contribution in [-0.4, -0.2) is 30.2 Å². The number of nitrogens with zero attached hydrogens (tertiary/aromatic N) is 1. The predicted octanol–water partition coefficient (Wildman–Crippen LogP) is 1.62. The van der Waals surface area contributed by atoms with Crippen LogP contribution in [0.25, 0.3) is 0 Å². The van der Waals surface area contributed by atoms with Crippen LogP contribution in [0.4, 0.5) is 5.00 Å². The summed E-state index contributed by atoms with van der Waals surface area (Å²) < 4.78 is 14.2. The number of hydrogen-bond donors (Lipinski definition) is 1. The van der Waals surface area contributed by atoms with Gasteiger partial charge < -0.3 is 15.2 Å². The van der Waals surface area contributed by atoms with Gasteiger partial charge in [-0.3, -0.25) is 0 Å². The predicted molar refractivity (Wildman–Crippen MR) is 62.7 cm³/mol. The summed E-state index contributed by atoms with van der Waals surface area (Å²) in [5, 5.41) is 0.400. The van der Waals surface area contributed by atoms with Crippen molar-refractivity contribution >= 4 is 22.5 Å². The Morgan fingerprint density at radius 3 is 2.75 bits per heavy atom. The first-order valence-corrected chi connectivity index (χ1v) is 5.90. The van der Waals surface area contributed by atoms with E-state index in [1.54, 1.807) is 6.92 Å². The third kappa shape index (κ3) is 3.46. The number of anilines is 1. The van der Waals surface area contributed by atoms with Crippen molar-refractivity contribution in [3.63, 3.8) is 0 Å². The molecule has 0 saturated carbocycles. The Hall–Kier alpha value is -1.14. The van der Waals surface area contributed by atoms with Crippen molar-refractivity contribution in [2.75, 3.05) is 25.6 Å². The molecule has 0 spiro atoms. The van der Waals surface area contributed by atoms with Gasteiger partial charge in [-0.15, -0.1) is 0 Å². The van der Waals surface area contributed by atoms with Crippen LogP contribution in [0, 0.1) is 6.92 Å². The number of carbonyl (C=O) groups excluding carboxylic acids is 1. The maximum Gasteiger partial charge on any atom is 0.343 e. The van der Waals surface area contributed by atoms with Crippen molar-refractivity contribution in [2.45, 2.75) is 20.3 Å². The Morgan fingerprint density at radius 1 is 1.44 bits per heavy atom. The number of carbonyl (C=O) groups is 1. The number of esters is 1. The molecule has 1 aromatic rings. The number of ether oxygens (including phenoxy) is 2. The van der Waals surface area contributed by atoms with E-state index < -0.39 is 5.97 Å². The van der Waals surface area contributed by atoms with E-state index in [0.29, 0.717) is 29.5 Å². The van der Waals surface area contributed by atoms with Crippen LogP contribution in [0.5, 0.6) is 0 Å². The summed E-state index contributed by atoms with van der Waals surface area (Å²) in [4.78, 5) is 11.6. The molecule has 0 atom stereocenters. The zero-order valence-corrected chi connectivity index (χ0v) is 10.3. The molecule has 0 aliphatic rings. The third-order valence-corrected chi connectivity index (χ3v) is 2.67. The van der Waals surface area contributed by atoms with Gasteiger partial charge >= 0.3 is 5.97 Å². The Morgan fingerprint density at radius 2 is 2.19 bits per heavy atom. The van der Waals surface area contributed by atoms with Crippen LogP contribution in [0.15, 0.2) is 0 Å². The van der Waals surface area contributed by atoms with Gasteiger partial charge in [0.05, 0.1) is 12.3 Å². The summed E-state index contributed by atoms with van der Waals surface area (Å²) >= 11 is 1.10. The molecule has 0 aromatic carbocycles. The van der Waals surface area contributed by atoms with Gasteiger partial charge in [0.2, 0.25) is 0 Å². The van der Waals surface area contributed by atoms with Gasteiger partial charge in [-0.2, -0.15) is 4.37 Å². The van der Waals surface area contributed by atoms with Gasteiger partial charge in [0.15, 0.2) is 0 Å². The fourth-order valence-electron chi connectivity index (χ4n) is 1.15. The third-order valence-electron chi connectivity index (χ3n) is 1.90. The smallest absolute Gasteiger partial charge is 0.343 e. The molecule has 0 amide bonds. The van der Waals surface area contributed by atoms with E-state index in [1.165, 1.54) is 0 Å². The summed E-state index contributed by atoms with van der Waals surface area (Å²) in [5.41, 5.74) is 6.61. The van der Waals surface area contributed by atoms with E-state index in [1.807, 2.05) is 6.92 Å². The van der Waals surface area contributed by atoms with Crippen LogP contribution in [0.1, 0.15) is 29.4 Å². The molecule has 0 bridgehead atoms. The fraction of sp³-hybridized carbons (Fsp3) is 0.600. The van der Waals surface area contributed by atoms with Crippen molar-refractivity contribution in [3.8, 4) is 0 Å². The van der Waals surface area contributed by atoms with Gasteiger partial charge in [-0.25, -0.2) is 4.79 Å². The summed E-state index contributed by atoms with van der Waals surface area (Å²) in [6.45, 7) is 5.09. The largest absolute Gasteiger partial charge is 0.460 e.